The summed E-state index contributed by atoms with van der Waals surface area (Å²) >= 11 is 1.88. The van der Waals surface area contributed by atoms with E-state index in [9.17, 15) is 8.42 Å². The van der Waals surface area contributed by atoms with Gasteiger partial charge in [-0.1, -0.05) is 12.1 Å². The average Bonchev–Trinajstić information content (AvgIpc) is 2.92. The smallest absolute Gasteiger partial charge is 0.214 e. The molecule has 0 spiro atoms. The maximum absolute atomic E-state index is 11.8. The SMILES string of the molecule is Nc1ccccc1OCCS(=O)(=O)NCC1CCSC1. The molecular weight excluding hydrogens is 296 g/mol. The summed E-state index contributed by atoms with van der Waals surface area (Å²) in [7, 11) is -3.28. The third-order valence-electron chi connectivity index (χ3n) is 3.14. The maximum atomic E-state index is 11.8. The summed E-state index contributed by atoms with van der Waals surface area (Å²) in [6, 6.07) is 7.06. The molecule has 1 fully saturated rings. The van der Waals surface area contributed by atoms with Gasteiger partial charge in [-0.15, -0.1) is 0 Å². The van der Waals surface area contributed by atoms with Crippen molar-refractivity contribution in [1.29, 1.82) is 0 Å². The number of benzene rings is 1. The van der Waals surface area contributed by atoms with Crippen molar-refractivity contribution >= 4 is 27.5 Å². The van der Waals surface area contributed by atoms with Crippen LogP contribution in [0.15, 0.2) is 24.3 Å². The van der Waals surface area contributed by atoms with Crippen molar-refractivity contribution in [2.45, 2.75) is 6.42 Å². The standard InChI is InChI=1S/C13H20N2O3S2/c14-12-3-1-2-4-13(12)18-6-8-20(16,17)15-9-11-5-7-19-10-11/h1-4,11,15H,5-10,14H2. The van der Waals surface area contributed by atoms with Gasteiger partial charge in [0, 0.05) is 6.54 Å². The molecule has 0 saturated carbocycles. The zero-order valence-corrected chi connectivity index (χ0v) is 12.9. The number of ether oxygens (including phenoxy) is 1. The number of nitrogens with two attached hydrogens (primary N) is 1. The molecule has 1 aromatic rings. The number of nitrogen functional groups attached to an aromatic ring is 1. The number of para-hydroxylation sites is 2. The molecule has 1 aliphatic rings. The number of anilines is 1. The van der Waals surface area contributed by atoms with Crippen molar-refractivity contribution in [2.24, 2.45) is 5.92 Å². The zero-order valence-electron chi connectivity index (χ0n) is 11.2. The van der Waals surface area contributed by atoms with E-state index in [-0.39, 0.29) is 12.4 Å². The first-order chi connectivity index (χ1) is 9.57. The quantitative estimate of drug-likeness (QED) is 0.742. The zero-order chi connectivity index (χ0) is 14.4. The van der Waals surface area contributed by atoms with Gasteiger partial charge in [-0.3, -0.25) is 0 Å². The van der Waals surface area contributed by atoms with Gasteiger partial charge in [0.05, 0.1) is 11.4 Å². The Labute approximate surface area is 124 Å². The number of nitrogens with one attached hydrogen (secondary N) is 1. The Hall–Kier alpha value is -0.920. The maximum Gasteiger partial charge on any atom is 0.214 e. The topological polar surface area (TPSA) is 81.4 Å². The second-order valence-electron chi connectivity index (χ2n) is 4.78. The molecule has 0 bridgehead atoms. The highest BCUT2D eigenvalue weighted by atomic mass is 32.2. The molecule has 5 nitrogen and oxygen atoms in total. The van der Waals surface area contributed by atoms with Crippen LogP contribution in [-0.2, 0) is 10.0 Å². The van der Waals surface area contributed by atoms with Gasteiger partial charge in [0.15, 0.2) is 0 Å². The fourth-order valence-electron chi connectivity index (χ4n) is 1.93. The summed E-state index contributed by atoms with van der Waals surface area (Å²) in [6.07, 6.45) is 1.09. The van der Waals surface area contributed by atoms with Gasteiger partial charge in [0.2, 0.25) is 10.0 Å². The molecule has 1 heterocycles. The fourth-order valence-corrected chi connectivity index (χ4v) is 4.16. The van der Waals surface area contributed by atoms with Gasteiger partial charge in [-0.2, -0.15) is 11.8 Å². The molecule has 1 aliphatic heterocycles. The van der Waals surface area contributed by atoms with E-state index in [2.05, 4.69) is 4.72 Å². The molecule has 112 valence electrons. The molecular formula is C13H20N2O3S2. The van der Waals surface area contributed by atoms with Gasteiger partial charge in [-0.25, -0.2) is 13.1 Å². The van der Waals surface area contributed by atoms with E-state index in [1.807, 2.05) is 11.8 Å². The van der Waals surface area contributed by atoms with E-state index in [0.29, 0.717) is 23.9 Å². The lowest BCUT2D eigenvalue weighted by Crippen LogP contribution is -2.33. The van der Waals surface area contributed by atoms with Crippen molar-refractivity contribution in [1.82, 2.24) is 4.72 Å². The first kappa shape index (κ1) is 15.5. The summed E-state index contributed by atoms with van der Waals surface area (Å²) in [6.45, 7) is 0.631. The fraction of sp³-hybridized carbons (Fsp3) is 0.538. The van der Waals surface area contributed by atoms with Gasteiger partial charge in [0.1, 0.15) is 12.4 Å². The Kier molecular flexibility index (Phi) is 5.56. The van der Waals surface area contributed by atoms with Crippen LogP contribution < -0.4 is 15.2 Å². The molecule has 3 N–H and O–H groups in total. The van der Waals surface area contributed by atoms with Crippen molar-refractivity contribution in [3.05, 3.63) is 24.3 Å². The lowest BCUT2D eigenvalue weighted by atomic mass is 10.1. The third-order valence-corrected chi connectivity index (χ3v) is 5.69. The molecule has 0 aliphatic carbocycles. The van der Waals surface area contributed by atoms with Crippen LogP contribution in [-0.4, -0.2) is 38.8 Å². The summed E-state index contributed by atoms with van der Waals surface area (Å²) < 4.78 is 31.7. The summed E-state index contributed by atoms with van der Waals surface area (Å²) in [5.41, 5.74) is 6.23. The highest BCUT2D eigenvalue weighted by Crippen LogP contribution is 2.22. The minimum Gasteiger partial charge on any atom is -0.490 e. The lowest BCUT2D eigenvalue weighted by molar-refractivity contribution is 0.342. The van der Waals surface area contributed by atoms with E-state index in [1.54, 1.807) is 24.3 Å². The van der Waals surface area contributed by atoms with E-state index in [1.165, 1.54) is 0 Å². The monoisotopic (exact) mass is 316 g/mol. The molecule has 0 amide bonds. The van der Waals surface area contributed by atoms with Crippen LogP contribution in [0.3, 0.4) is 0 Å². The van der Waals surface area contributed by atoms with E-state index in [4.69, 9.17) is 10.5 Å². The van der Waals surface area contributed by atoms with Crippen molar-refractivity contribution < 1.29 is 13.2 Å². The van der Waals surface area contributed by atoms with Gasteiger partial charge < -0.3 is 10.5 Å². The van der Waals surface area contributed by atoms with Crippen LogP contribution in [0.25, 0.3) is 0 Å². The molecule has 1 unspecified atom stereocenters. The van der Waals surface area contributed by atoms with E-state index < -0.39 is 10.0 Å². The largest absolute Gasteiger partial charge is 0.490 e. The van der Waals surface area contributed by atoms with Crippen LogP contribution in [0, 0.1) is 5.92 Å². The third kappa shape index (κ3) is 4.88. The first-order valence-corrected chi connectivity index (χ1v) is 9.40. The number of sulfonamides is 1. The lowest BCUT2D eigenvalue weighted by Gasteiger charge is -2.12. The molecule has 1 atom stereocenters. The Morgan fingerprint density at radius 3 is 2.90 bits per heavy atom. The molecule has 0 aromatic heterocycles. The first-order valence-electron chi connectivity index (χ1n) is 6.59. The minimum atomic E-state index is -3.28. The summed E-state index contributed by atoms with van der Waals surface area (Å²) in [4.78, 5) is 0. The van der Waals surface area contributed by atoms with Gasteiger partial charge in [-0.05, 0) is 36.0 Å². The van der Waals surface area contributed by atoms with Crippen molar-refractivity contribution in [3.63, 3.8) is 0 Å². The molecule has 7 heteroatoms. The predicted molar refractivity (Wildman–Crippen MR) is 83.6 cm³/mol. The number of thioether (sulfide) groups is 1. The Balaban J connectivity index is 1.73. The number of hydrogen-bond acceptors (Lipinski definition) is 5. The number of hydrogen-bond donors (Lipinski definition) is 2. The molecule has 2 rings (SSSR count). The Morgan fingerprint density at radius 1 is 1.40 bits per heavy atom. The predicted octanol–water partition coefficient (Wildman–Crippen LogP) is 1.32. The highest BCUT2D eigenvalue weighted by molar-refractivity contribution is 7.99. The Bertz CT molecular complexity index is 528. The van der Waals surface area contributed by atoms with Gasteiger partial charge in [0.25, 0.3) is 0 Å². The number of rotatable bonds is 7. The van der Waals surface area contributed by atoms with Crippen LogP contribution in [0.2, 0.25) is 0 Å². The Morgan fingerprint density at radius 2 is 2.20 bits per heavy atom. The molecule has 20 heavy (non-hydrogen) atoms. The van der Waals surface area contributed by atoms with Crippen molar-refractivity contribution in [3.8, 4) is 5.75 Å². The molecule has 1 aromatic carbocycles. The minimum absolute atomic E-state index is 0.0544. The highest BCUT2D eigenvalue weighted by Gasteiger charge is 2.18. The molecule has 1 saturated heterocycles. The summed E-state index contributed by atoms with van der Waals surface area (Å²) in [5, 5.41) is 0. The normalized spacial score (nSPS) is 19.1. The van der Waals surface area contributed by atoms with Crippen molar-refractivity contribution in [2.75, 3.05) is 36.1 Å². The summed E-state index contributed by atoms with van der Waals surface area (Å²) in [5.74, 6) is 3.10. The average molecular weight is 316 g/mol. The van der Waals surface area contributed by atoms with Crippen LogP contribution in [0.1, 0.15) is 6.42 Å². The van der Waals surface area contributed by atoms with Crippen LogP contribution >= 0.6 is 11.8 Å². The van der Waals surface area contributed by atoms with E-state index >= 15 is 0 Å². The van der Waals surface area contributed by atoms with Gasteiger partial charge >= 0.3 is 0 Å². The second-order valence-corrected chi connectivity index (χ2v) is 7.86. The van der Waals surface area contributed by atoms with Crippen LogP contribution in [0.5, 0.6) is 5.75 Å². The van der Waals surface area contributed by atoms with E-state index in [0.717, 1.165) is 17.9 Å². The second kappa shape index (κ2) is 7.19. The van der Waals surface area contributed by atoms with Crippen LogP contribution in [0.4, 0.5) is 5.69 Å². The molecule has 0 radical (unpaired) electrons.